The van der Waals surface area contributed by atoms with Crippen LogP contribution in [0.15, 0.2) is 0 Å². The zero-order valence-corrected chi connectivity index (χ0v) is 11.9. The van der Waals surface area contributed by atoms with E-state index in [4.69, 9.17) is 5.11 Å². The smallest absolute Gasteiger partial charge is 0.308 e. The molecule has 0 aromatic heterocycles. The van der Waals surface area contributed by atoms with Crippen LogP contribution in [0, 0.1) is 17.8 Å². The quantitative estimate of drug-likeness (QED) is 0.650. The molecule has 1 aliphatic rings. The summed E-state index contributed by atoms with van der Waals surface area (Å²) in [6.07, 6.45) is 3.18. The fraction of sp³-hybridized carbons (Fsp3) is 0.857. The second-order valence-electron chi connectivity index (χ2n) is 5.87. The number of carboxylic acid groups (broad SMARTS) is 1. The number of carbonyl (C=O) groups is 2. The topological polar surface area (TPSA) is 78.4 Å². The molecule has 19 heavy (non-hydrogen) atoms. The van der Waals surface area contributed by atoms with Gasteiger partial charge in [-0.15, -0.1) is 0 Å². The Morgan fingerprint density at radius 3 is 2.47 bits per heavy atom. The lowest BCUT2D eigenvalue weighted by Crippen LogP contribution is -2.36. The maximum Gasteiger partial charge on any atom is 0.308 e. The third-order valence-electron chi connectivity index (χ3n) is 3.58. The van der Waals surface area contributed by atoms with E-state index in [-0.39, 0.29) is 12.5 Å². The molecular formula is C14H26N2O3. The van der Waals surface area contributed by atoms with Crippen LogP contribution in [0.5, 0.6) is 0 Å². The first-order chi connectivity index (χ1) is 8.99. The minimum atomic E-state index is -0.823. The number of amides is 1. The van der Waals surface area contributed by atoms with Gasteiger partial charge in [-0.05, 0) is 44.2 Å². The lowest BCUT2D eigenvalue weighted by atomic mass is 9.94. The van der Waals surface area contributed by atoms with E-state index < -0.39 is 11.9 Å². The summed E-state index contributed by atoms with van der Waals surface area (Å²) < 4.78 is 0. The van der Waals surface area contributed by atoms with E-state index in [0.717, 1.165) is 25.9 Å². The summed E-state index contributed by atoms with van der Waals surface area (Å²) in [5, 5.41) is 15.1. The van der Waals surface area contributed by atoms with Crippen LogP contribution in [0.2, 0.25) is 0 Å². The standard InChI is InChI=1S/C14H26N2O3/c1-10(2)7-12(14(18)19)9-16-13(17)8-11-3-5-15-6-4-11/h10-12,15H,3-9H2,1-2H3,(H,16,17)(H,18,19). The van der Waals surface area contributed by atoms with Gasteiger partial charge in [0.15, 0.2) is 0 Å². The molecule has 0 spiro atoms. The predicted molar refractivity (Wildman–Crippen MR) is 73.8 cm³/mol. The fourth-order valence-electron chi connectivity index (χ4n) is 2.50. The maximum atomic E-state index is 11.8. The first kappa shape index (κ1) is 16.0. The molecule has 1 saturated heterocycles. The minimum absolute atomic E-state index is 0.0121. The van der Waals surface area contributed by atoms with Crippen molar-refractivity contribution < 1.29 is 14.7 Å². The highest BCUT2D eigenvalue weighted by Gasteiger charge is 2.21. The third kappa shape index (κ3) is 6.57. The molecule has 1 fully saturated rings. The van der Waals surface area contributed by atoms with Crippen LogP contribution in [0.1, 0.15) is 39.5 Å². The molecule has 1 rings (SSSR count). The summed E-state index contributed by atoms with van der Waals surface area (Å²) in [5.74, 6) is -0.549. The molecule has 0 aliphatic carbocycles. The Kier molecular flexibility index (Phi) is 6.84. The SMILES string of the molecule is CC(C)CC(CNC(=O)CC1CCNCC1)C(=O)O. The summed E-state index contributed by atoms with van der Waals surface area (Å²) in [7, 11) is 0. The minimum Gasteiger partial charge on any atom is -0.481 e. The Morgan fingerprint density at radius 1 is 1.32 bits per heavy atom. The van der Waals surface area contributed by atoms with Crippen molar-refractivity contribution in [2.45, 2.75) is 39.5 Å². The van der Waals surface area contributed by atoms with Gasteiger partial charge >= 0.3 is 5.97 Å². The third-order valence-corrected chi connectivity index (χ3v) is 3.58. The van der Waals surface area contributed by atoms with E-state index in [1.54, 1.807) is 0 Å². The second-order valence-corrected chi connectivity index (χ2v) is 5.87. The summed E-state index contributed by atoms with van der Waals surface area (Å²) >= 11 is 0. The average molecular weight is 270 g/mol. The molecule has 3 N–H and O–H groups in total. The first-order valence-corrected chi connectivity index (χ1v) is 7.19. The Bertz CT molecular complexity index is 299. The van der Waals surface area contributed by atoms with Crippen LogP contribution >= 0.6 is 0 Å². The zero-order valence-electron chi connectivity index (χ0n) is 11.9. The number of aliphatic carboxylic acids is 1. The number of carboxylic acids is 1. The average Bonchev–Trinajstić information content (AvgIpc) is 2.35. The molecule has 110 valence electrons. The summed E-state index contributed by atoms with van der Waals surface area (Å²) in [6.45, 7) is 6.18. The number of nitrogens with one attached hydrogen (secondary N) is 2. The Balaban J connectivity index is 2.28. The Morgan fingerprint density at radius 2 is 1.95 bits per heavy atom. The van der Waals surface area contributed by atoms with E-state index in [0.29, 0.717) is 24.7 Å². The zero-order chi connectivity index (χ0) is 14.3. The molecule has 1 unspecified atom stereocenters. The molecule has 1 aliphatic heterocycles. The molecule has 1 amide bonds. The Labute approximate surface area is 115 Å². The monoisotopic (exact) mass is 270 g/mol. The highest BCUT2D eigenvalue weighted by Crippen LogP contribution is 2.16. The van der Waals surface area contributed by atoms with Gasteiger partial charge in [-0.3, -0.25) is 9.59 Å². The molecule has 0 aromatic rings. The highest BCUT2D eigenvalue weighted by atomic mass is 16.4. The first-order valence-electron chi connectivity index (χ1n) is 7.19. The van der Waals surface area contributed by atoms with E-state index in [1.807, 2.05) is 13.8 Å². The van der Waals surface area contributed by atoms with Crippen molar-refractivity contribution in [1.82, 2.24) is 10.6 Å². The molecule has 0 aromatic carbocycles. The van der Waals surface area contributed by atoms with Gasteiger partial charge in [0.1, 0.15) is 0 Å². The number of rotatable bonds is 7. The van der Waals surface area contributed by atoms with Crippen molar-refractivity contribution >= 4 is 11.9 Å². The van der Waals surface area contributed by atoms with Gasteiger partial charge in [0, 0.05) is 13.0 Å². The van der Waals surface area contributed by atoms with Crippen molar-refractivity contribution in [3.05, 3.63) is 0 Å². The summed E-state index contributed by atoms with van der Waals surface area (Å²) in [5.41, 5.74) is 0. The lowest BCUT2D eigenvalue weighted by Gasteiger charge is -2.22. The van der Waals surface area contributed by atoms with Gasteiger partial charge in [0.25, 0.3) is 0 Å². The molecular weight excluding hydrogens is 244 g/mol. The molecule has 1 atom stereocenters. The van der Waals surface area contributed by atoms with Crippen LogP contribution in [-0.2, 0) is 9.59 Å². The summed E-state index contributed by atoms with van der Waals surface area (Å²) in [4.78, 5) is 22.9. The maximum absolute atomic E-state index is 11.8. The number of hydrogen-bond acceptors (Lipinski definition) is 3. The van der Waals surface area contributed by atoms with Crippen LogP contribution in [0.4, 0.5) is 0 Å². The number of piperidine rings is 1. The number of hydrogen-bond donors (Lipinski definition) is 3. The van der Waals surface area contributed by atoms with E-state index in [2.05, 4.69) is 10.6 Å². The van der Waals surface area contributed by atoms with Gasteiger partial charge in [-0.2, -0.15) is 0 Å². The van der Waals surface area contributed by atoms with E-state index in [9.17, 15) is 9.59 Å². The molecule has 0 radical (unpaired) electrons. The van der Waals surface area contributed by atoms with Crippen LogP contribution < -0.4 is 10.6 Å². The van der Waals surface area contributed by atoms with E-state index >= 15 is 0 Å². The van der Waals surface area contributed by atoms with Crippen LogP contribution in [-0.4, -0.2) is 36.6 Å². The largest absolute Gasteiger partial charge is 0.481 e. The molecule has 5 nitrogen and oxygen atoms in total. The second kappa shape index (κ2) is 8.15. The van der Waals surface area contributed by atoms with Gasteiger partial charge in [-0.25, -0.2) is 0 Å². The van der Waals surface area contributed by atoms with Crippen LogP contribution in [0.25, 0.3) is 0 Å². The van der Waals surface area contributed by atoms with Gasteiger partial charge in [0.05, 0.1) is 5.92 Å². The van der Waals surface area contributed by atoms with Crippen molar-refractivity contribution in [3.63, 3.8) is 0 Å². The van der Waals surface area contributed by atoms with Crippen molar-refractivity contribution in [2.24, 2.45) is 17.8 Å². The molecule has 1 heterocycles. The van der Waals surface area contributed by atoms with Crippen LogP contribution in [0.3, 0.4) is 0 Å². The lowest BCUT2D eigenvalue weighted by molar-refractivity contribution is -0.142. The molecule has 0 bridgehead atoms. The molecule has 5 heteroatoms. The summed E-state index contributed by atoms with van der Waals surface area (Å²) in [6, 6.07) is 0. The number of carbonyl (C=O) groups excluding carboxylic acids is 1. The normalized spacial score (nSPS) is 18.3. The van der Waals surface area contributed by atoms with Gasteiger partial charge in [-0.1, -0.05) is 13.8 Å². The molecule has 0 saturated carbocycles. The fourth-order valence-corrected chi connectivity index (χ4v) is 2.50. The van der Waals surface area contributed by atoms with Crippen molar-refractivity contribution in [3.8, 4) is 0 Å². The van der Waals surface area contributed by atoms with E-state index in [1.165, 1.54) is 0 Å². The Hall–Kier alpha value is -1.10. The van der Waals surface area contributed by atoms with Crippen molar-refractivity contribution in [2.75, 3.05) is 19.6 Å². The predicted octanol–water partition coefficient (Wildman–Crippen LogP) is 1.24. The highest BCUT2D eigenvalue weighted by molar-refractivity contribution is 5.77. The van der Waals surface area contributed by atoms with Crippen molar-refractivity contribution in [1.29, 1.82) is 0 Å². The van der Waals surface area contributed by atoms with Gasteiger partial charge in [0.2, 0.25) is 5.91 Å². The van der Waals surface area contributed by atoms with Gasteiger partial charge < -0.3 is 15.7 Å².